The minimum atomic E-state index is 0.0699. The molecule has 0 fully saturated rings. The second-order valence-electron chi connectivity index (χ2n) is 3.90. The number of rotatable bonds is 10. The summed E-state index contributed by atoms with van der Waals surface area (Å²) in [5.41, 5.74) is 0. The van der Waals surface area contributed by atoms with Crippen LogP contribution in [0.2, 0.25) is 0 Å². The summed E-state index contributed by atoms with van der Waals surface area (Å²) in [5, 5.41) is 6.00. The number of hydrogen-bond donors (Lipinski definition) is 2. The standard InChI is InChI=1S/C12H24N2O2/c1-4-5-9-16-10-8-14-12(15)6-7-13-11(2)3/h4,11,13H,1,5-10H2,2-3H3,(H,14,15). The van der Waals surface area contributed by atoms with Crippen LogP contribution in [0.3, 0.4) is 0 Å². The molecular weight excluding hydrogens is 204 g/mol. The predicted molar refractivity (Wildman–Crippen MR) is 66.4 cm³/mol. The molecule has 0 aliphatic heterocycles. The Hall–Kier alpha value is -0.870. The fourth-order valence-electron chi connectivity index (χ4n) is 1.09. The van der Waals surface area contributed by atoms with Gasteiger partial charge in [-0.2, -0.15) is 0 Å². The first-order valence-corrected chi connectivity index (χ1v) is 5.85. The van der Waals surface area contributed by atoms with Crippen LogP contribution in [-0.2, 0) is 9.53 Å². The maximum Gasteiger partial charge on any atom is 0.221 e. The molecule has 16 heavy (non-hydrogen) atoms. The highest BCUT2D eigenvalue weighted by Gasteiger charge is 2.00. The quantitative estimate of drug-likeness (QED) is 0.434. The van der Waals surface area contributed by atoms with Gasteiger partial charge in [-0.25, -0.2) is 0 Å². The van der Waals surface area contributed by atoms with E-state index in [0.29, 0.717) is 32.2 Å². The van der Waals surface area contributed by atoms with Crippen molar-refractivity contribution in [2.45, 2.75) is 32.7 Å². The first kappa shape index (κ1) is 15.1. The van der Waals surface area contributed by atoms with Crippen molar-refractivity contribution in [2.75, 3.05) is 26.3 Å². The molecule has 0 aliphatic carbocycles. The smallest absolute Gasteiger partial charge is 0.221 e. The molecule has 0 atom stereocenters. The second kappa shape index (κ2) is 10.6. The summed E-state index contributed by atoms with van der Waals surface area (Å²) in [4.78, 5) is 11.3. The first-order chi connectivity index (χ1) is 7.66. The van der Waals surface area contributed by atoms with Crippen molar-refractivity contribution in [1.82, 2.24) is 10.6 Å². The van der Waals surface area contributed by atoms with E-state index in [1.54, 1.807) is 0 Å². The Morgan fingerprint density at radius 2 is 2.12 bits per heavy atom. The van der Waals surface area contributed by atoms with Gasteiger partial charge >= 0.3 is 0 Å². The molecule has 0 aromatic heterocycles. The van der Waals surface area contributed by atoms with Gasteiger partial charge in [0.05, 0.1) is 13.2 Å². The molecule has 1 amide bonds. The van der Waals surface area contributed by atoms with Crippen LogP contribution in [0.5, 0.6) is 0 Å². The molecule has 0 aromatic carbocycles. The molecule has 0 heterocycles. The average Bonchev–Trinajstić information content (AvgIpc) is 2.22. The molecule has 0 unspecified atom stereocenters. The van der Waals surface area contributed by atoms with Crippen molar-refractivity contribution in [3.05, 3.63) is 12.7 Å². The summed E-state index contributed by atoms with van der Waals surface area (Å²) in [5.74, 6) is 0.0699. The van der Waals surface area contributed by atoms with E-state index in [0.717, 1.165) is 13.0 Å². The fourth-order valence-corrected chi connectivity index (χ4v) is 1.09. The van der Waals surface area contributed by atoms with Crippen molar-refractivity contribution in [3.63, 3.8) is 0 Å². The molecule has 4 heteroatoms. The summed E-state index contributed by atoms with van der Waals surface area (Å²) in [7, 11) is 0. The van der Waals surface area contributed by atoms with Crippen molar-refractivity contribution < 1.29 is 9.53 Å². The number of hydrogen-bond acceptors (Lipinski definition) is 3. The van der Waals surface area contributed by atoms with E-state index >= 15 is 0 Å². The zero-order valence-corrected chi connectivity index (χ0v) is 10.4. The molecule has 0 rings (SSSR count). The lowest BCUT2D eigenvalue weighted by Crippen LogP contribution is -2.32. The third-order valence-corrected chi connectivity index (χ3v) is 1.94. The van der Waals surface area contributed by atoms with Gasteiger partial charge in [0.15, 0.2) is 0 Å². The van der Waals surface area contributed by atoms with Crippen LogP contribution in [-0.4, -0.2) is 38.3 Å². The Morgan fingerprint density at radius 3 is 2.75 bits per heavy atom. The highest BCUT2D eigenvalue weighted by Crippen LogP contribution is 1.83. The van der Waals surface area contributed by atoms with E-state index in [1.165, 1.54) is 0 Å². The minimum absolute atomic E-state index is 0.0699. The van der Waals surface area contributed by atoms with Gasteiger partial charge in [-0.15, -0.1) is 6.58 Å². The predicted octanol–water partition coefficient (Wildman–Crippen LogP) is 1.08. The zero-order valence-electron chi connectivity index (χ0n) is 10.4. The first-order valence-electron chi connectivity index (χ1n) is 5.85. The molecule has 0 saturated heterocycles. The fraction of sp³-hybridized carbons (Fsp3) is 0.750. The van der Waals surface area contributed by atoms with Gasteiger partial charge < -0.3 is 15.4 Å². The normalized spacial score (nSPS) is 10.4. The Labute approximate surface area is 98.4 Å². The Kier molecular flexibility index (Phi) is 10.1. The van der Waals surface area contributed by atoms with E-state index in [2.05, 4.69) is 31.1 Å². The number of carbonyl (C=O) groups excluding carboxylic acids is 1. The van der Waals surface area contributed by atoms with Crippen LogP contribution in [0.4, 0.5) is 0 Å². The van der Waals surface area contributed by atoms with E-state index in [1.807, 2.05) is 6.08 Å². The van der Waals surface area contributed by atoms with E-state index in [9.17, 15) is 4.79 Å². The minimum Gasteiger partial charge on any atom is -0.379 e. The van der Waals surface area contributed by atoms with Gasteiger partial charge in [-0.1, -0.05) is 19.9 Å². The number of ether oxygens (including phenoxy) is 1. The van der Waals surface area contributed by atoms with Crippen LogP contribution < -0.4 is 10.6 Å². The lowest BCUT2D eigenvalue weighted by atomic mass is 10.3. The van der Waals surface area contributed by atoms with Crippen molar-refractivity contribution in [2.24, 2.45) is 0 Å². The molecule has 0 spiro atoms. The lowest BCUT2D eigenvalue weighted by molar-refractivity contribution is -0.121. The number of amides is 1. The highest BCUT2D eigenvalue weighted by molar-refractivity contribution is 5.75. The molecule has 94 valence electrons. The molecule has 4 nitrogen and oxygen atoms in total. The zero-order chi connectivity index (χ0) is 12.2. The van der Waals surface area contributed by atoms with Crippen LogP contribution in [0.15, 0.2) is 12.7 Å². The van der Waals surface area contributed by atoms with Gasteiger partial charge in [-0.3, -0.25) is 4.79 Å². The lowest BCUT2D eigenvalue weighted by Gasteiger charge is -2.08. The monoisotopic (exact) mass is 228 g/mol. The summed E-state index contributed by atoms with van der Waals surface area (Å²) >= 11 is 0. The van der Waals surface area contributed by atoms with Crippen molar-refractivity contribution >= 4 is 5.91 Å². The Bertz CT molecular complexity index is 193. The molecule has 0 radical (unpaired) electrons. The number of nitrogens with one attached hydrogen (secondary N) is 2. The summed E-state index contributed by atoms with van der Waals surface area (Å²) in [6, 6.07) is 0.426. The van der Waals surface area contributed by atoms with E-state index < -0.39 is 0 Å². The molecule has 0 saturated carbocycles. The van der Waals surface area contributed by atoms with Gasteiger partial charge in [-0.05, 0) is 6.42 Å². The van der Waals surface area contributed by atoms with Gasteiger partial charge in [0, 0.05) is 25.6 Å². The van der Waals surface area contributed by atoms with Crippen molar-refractivity contribution in [3.8, 4) is 0 Å². The largest absolute Gasteiger partial charge is 0.379 e. The third kappa shape index (κ3) is 11.2. The van der Waals surface area contributed by atoms with E-state index in [4.69, 9.17) is 4.74 Å². The maximum absolute atomic E-state index is 11.3. The summed E-state index contributed by atoms with van der Waals surface area (Å²) in [6.07, 6.45) is 3.19. The third-order valence-electron chi connectivity index (χ3n) is 1.94. The van der Waals surface area contributed by atoms with Gasteiger partial charge in [0.25, 0.3) is 0 Å². The summed E-state index contributed by atoms with van der Waals surface area (Å²) in [6.45, 7) is 10.3. The average molecular weight is 228 g/mol. The highest BCUT2D eigenvalue weighted by atomic mass is 16.5. The molecular formula is C12H24N2O2. The van der Waals surface area contributed by atoms with Gasteiger partial charge in [0.2, 0.25) is 5.91 Å². The number of carbonyl (C=O) groups is 1. The van der Waals surface area contributed by atoms with Crippen LogP contribution in [0.1, 0.15) is 26.7 Å². The molecule has 0 aliphatic rings. The Morgan fingerprint density at radius 1 is 1.38 bits per heavy atom. The van der Waals surface area contributed by atoms with E-state index in [-0.39, 0.29) is 5.91 Å². The SMILES string of the molecule is C=CCCOCCNC(=O)CCNC(C)C. The topological polar surface area (TPSA) is 50.4 Å². The maximum atomic E-state index is 11.3. The van der Waals surface area contributed by atoms with Crippen molar-refractivity contribution in [1.29, 1.82) is 0 Å². The molecule has 0 aromatic rings. The second-order valence-corrected chi connectivity index (χ2v) is 3.90. The van der Waals surface area contributed by atoms with Crippen LogP contribution >= 0.6 is 0 Å². The molecule has 0 bridgehead atoms. The van der Waals surface area contributed by atoms with Crippen LogP contribution in [0.25, 0.3) is 0 Å². The van der Waals surface area contributed by atoms with Gasteiger partial charge in [0.1, 0.15) is 0 Å². The van der Waals surface area contributed by atoms with Crippen LogP contribution in [0, 0.1) is 0 Å². The molecule has 2 N–H and O–H groups in total. The summed E-state index contributed by atoms with van der Waals surface area (Å²) < 4.78 is 5.27. The Balaban J connectivity index is 3.20.